The number of anilines is 1. The minimum absolute atomic E-state index is 0.139. The van der Waals surface area contributed by atoms with Gasteiger partial charge in [-0.3, -0.25) is 19.7 Å². The van der Waals surface area contributed by atoms with Crippen LogP contribution < -0.4 is 16.0 Å². The highest BCUT2D eigenvalue weighted by Gasteiger charge is 2.25. The first-order chi connectivity index (χ1) is 11.0. The van der Waals surface area contributed by atoms with Gasteiger partial charge in [0, 0.05) is 24.2 Å². The number of hydrogen-bond donors (Lipinski definition) is 3. The van der Waals surface area contributed by atoms with Gasteiger partial charge < -0.3 is 16.0 Å². The number of carbonyl (C=O) groups excluding carboxylic acids is 2. The number of hydrogen-bond acceptors (Lipinski definition) is 5. The zero-order valence-corrected chi connectivity index (χ0v) is 12.9. The molecule has 1 fully saturated rings. The molecule has 1 aliphatic carbocycles. The van der Waals surface area contributed by atoms with Gasteiger partial charge in [-0.15, -0.1) is 0 Å². The molecule has 8 heteroatoms. The second-order valence-electron chi connectivity index (χ2n) is 5.44. The van der Waals surface area contributed by atoms with E-state index in [1.807, 2.05) is 6.92 Å². The van der Waals surface area contributed by atoms with E-state index in [-0.39, 0.29) is 29.7 Å². The Hall–Kier alpha value is -2.64. The lowest BCUT2D eigenvalue weighted by atomic mass is 10.1. The maximum Gasteiger partial charge on any atom is 0.293 e. The molecule has 2 rings (SSSR count). The Labute approximate surface area is 133 Å². The average Bonchev–Trinajstić information content (AvgIpc) is 3.34. The molecule has 1 aliphatic rings. The number of nitro benzene ring substituents is 1. The Morgan fingerprint density at radius 2 is 2.04 bits per heavy atom. The molecule has 0 aliphatic heterocycles. The molecule has 124 valence electrons. The molecule has 0 aromatic heterocycles. The summed E-state index contributed by atoms with van der Waals surface area (Å²) in [5.74, 6) is -0.806. The second kappa shape index (κ2) is 7.57. The minimum Gasteiger partial charge on any atom is -0.377 e. The second-order valence-corrected chi connectivity index (χ2v) is 5.44. The van der Waals surface area contributed by atoms with Crippen LogP contribution in [0.15, 0.2) is 18.2 Å². The van der Waals surface area contributed by atoms with Crippen LogP contribution in [0.25, 0.3) is 0 Å². The Kier molecular flexibility index (Phi) is 5.51. The number of benzene rings is 1. The van der Waals surface area contributed by atoms with E-state index in [1.165, 1.54) is 18.2 Å². The zero-order chi connectivity index (χ0) is 16.8. The summed E-state index contributed by atoms with van der Waals surface area (Å²) in [6.45, 7) is 2.31. The van der Waals surface area contributed by atoms with Crippen molar-refractivity contribution < 1.29 is 14.5 Å². The highest BCUT2D eigenvalue weighted by molar-refractivity contribution is 5.97. The predicted octanol–water partition coefficient (Wildman–Crippen LogP) is 1.43. The van der Waals surface area contributed by atoms with Crippen molar-refractivity contribution in [1.29, 1.82) is 0 Å². The van der Waals surface area contributed by atoms with E-state index in [2.05, 4.69) is 16.0 Å². The first-order valence-corrected chi connectivity index (χ1v) is 7.61. The van der Waals surface area contributed by atoms with E-state index in [0.29, 0.717) is 12.2 Å². The predicted molar refractivity (Wildman–Crippen MR) is 85.4 cm³/mol. The molecule has 2 amide bonds. The summed E-state index contributed by atoms with van der Waals surface area (Å²) in [7, 11) is 0. The fourth-order valence-corrected chi connectivity index (χ4v) is 1.98. The SMILES string of the molecule is CCCNC(=O)CNC(=O)c1ccc(NC2CC2)c([N+](=O)[O-])c1. The van der Waals surface area contributed by atoms with E-state index < -0.39 is 10.8 Å². The number of amides is 2. The Morgan fingerprint density at radius 1 is 1.30 bits per heavy atom. The van der Waals surface area contributed by atoms with E-state index in [0.717, 1.165) is 19.3 Å². The highest BCUT2D eigenvalue weighted by atomic mass is 16.6. The molecule has 0 atom stereocenters. The lowest BCUT2D eigenvalue weighted by Crippen LogP contribution is -2.37. The summed E-state index contributed by atoms with van der Waals surface area (Å²) in [5.41, 5.74) is 0.427. The highest BCUT2D eigenvalue weighted by Crippen LogP contribution is 2.31. The maximum absolute atomic E-state index is 12.0. The molecule has 0 heterocycles. The average molecular weight is 320 g/mol. The first-order valence-electron chi connectivity index (χ1n) is 7.61. The van der Waals surface area contributed by atoms with Crippen molar-refractivity contribution >= 4 is 23.2 Å². The van der Waals surface area contributed by atoms with Gasteiger partial charge in [0.1, 0.15) is 5.69 Å². The van der Waals surface area contributed by atoms with Gasteiger partial charge in [0.2, 0.25) is 5.91 Å². The van der Waals surface area contributed by atoms with Crippen LogP contribution in [0.5, 0.6) is 0 Å². The van der Waals surface area contributed by atoms with Gasteiger partial charge in [0.25, 0.3) is 11.6 Å². The minimum atomic E-state index is -0.518. The molecule has 1 aromatic carbocycles. The third-order valence-corrected chi connectivity index (χ3v) is 3.38. The molecule has 1 aromatic rings. The molecule has 3 N–H and O–H groups in total. The summed E-state index contributed by atoms with van der Waals surface area (Å²) in [5, 5.41) is 19.3. The van der Waals surface area contributed by atoms with Crippen LogP contribution in [0, 0.1) is 10.1 Å². The quantitative estimate of drug-likeness (QED) is 0.495. The van der Waals surface area contributed by atoms with Crippen molar-refractivity contribution in [2.24, 2.45) is 0 Å². The smallest absolute Gasteiger partial charge is 0.293 e. The van der Waals surface area contributed by atoms with Crippen LogP contribution in [0.4, 0.5) is 11.4 Å². The van der Waals surface area contributed by atoms with E-state index in [9.17, 15) is 19.7 Å². The van der Waals surface area contributed by atoms with Crippen molar-refractivity contribution in [1.82, 2.24) is 10.6 Å². The van der Waals surface area contributed by atoms with Crippen LogP contribution in [-0.2, 0) is 4.79 Å². The standard InChI is InChI=1S/C15H20N4O4/c1-2-7-16-14(20)9-17-15(21)10-3-6-12(18-11-4-5-11)13(8-10)19(22)23/h3,6,8,11,18H,2,4-5,7,9H2,1H3,(H,16,20)(H,17,21). The number of rotatable bonds is 8. The maximum atomic E-state index is 12.0. The third-order valence-electron chi connectivity index (χ3n) is 3.38. The lowest BCUT2D eigenvalue weighted by molar-refractivity contribution is -0.384. The summed E-state index contributed by atoms with van der Waals surface area (Å²) < 4.78 is 0. The normalized spacial score (nSPS) is 13.3. The molecule has 0 saturated heterocycles. The van der Waals surface area contributed by atoms with E-state index >= 15 is 0 Å². The Balaban J connectivity index is 2.00. The fraction of sp³-hybridized carbons (Fsp3) is 0.467. The van der Waals surface area contributed by atoms with E-state index in [4.69, 9.17) is 0 Å². The third kappa shape index (κ3) is 4.94. The van der Waals surface area contributed by atoms with Crippen molar-refractivity contribution in [2.75, 3.05) is 18.4 Å². The number of nitro groups is 1. The molecule has 1 saturated carbocycles. The van der Waals surface area contributed by atoms with Gasteiger partial charge in [-0.05, 0) is 31.4 Å². The van der Waals surface area contributed by atoms with Gasteiger partial charge in [-0.25, -0.2) is 0 Å². The molecule has 0 bridgehead atoms. The van der Waals surface area contributed by atoms with Gasteiger partial charge in [0.15, 0.2) is 0 Å². The van der Waals surface area contributed by atoms with Crippen LogP contribution in [-0.4, -0.2) is 35.9 Å². The summed E-state index contributed by atoms with van der Waals surface area (Å²) in [6.07, 6.45) is 2.79. The molecular formula is C15H20N4O4. The largest absolute Gasteiger partial charge is 0.377 e. The fourth-order valence-electron chi connectivity index (χ4n) is 1.98. The van der Waals surface area contributed by atoms with Gasteiger partial charge >= 0.3 is 0 Å². The summed E-state index contributed by atoms with van der Waals surface area (Å²) in [4.78, 5) is 34.1. The monoisotopic (exact) mass is 320 g/mol. The van der Waals surface area contributed by atoms with Crippen molar-refractivity contribution in [3.05, 3.63) is 33.9 Å². The number of nitrogens with zero attached hydrogens (tertiary/aromatic N) is 1. The number of nitrogens with one attached hydrogen (secondary N) is 3. The van der Waals surface area contributed by atoms with Gasteiger partial charge in [0.05, 0.1) is 11.5 Å². The molecular weight excluding hydrogens is 300 g/mol. The molecule has 8 nitrogen and oxygen atoms in total. The van der Waals surface area contributed by atoms with Crippen molar-refractivity contribution in [3.63, 3.8) is 0 Å². The van der Waals surface area contributed by atoms with Crippen molar-refractivity contribution in [3.8, 4) is 0 Å². The molecule has 0 unspecified atom stereocenters. The van der Waals surface area contributed by atoms with Gasteiger partial charge in [-0.1, -0.05) is 6.92 Å². The molecule has 23 heavy (non-hydrogen) atoms. The Morgan fingerprint density at radius 3 is 2.65 bits per heavy atom. The zero-order valence-electron chi connectivity index (χ0n) is 12.9. The van der Waals surface area contributed by atoms with Crippen LogP contribution in [0.1, 0.15) is 36.5 Å². The molecule has 0 radical (unpaired) electrons. The summed E-state index contributed by atoms with van der Waals surface area (Å²) >= 11 is 0. The van der Waals surface area contributed by atoms with Crippen molar-refractivity contribution in [2.45, 2.75) is 32.2 Å². The first kappa shape index (κ1) is 16.7. The Bertz CT molecular complexity index is 613. The molecule has 0 spiro atoms. The van der Waals surface area contributed by atoms with Crippen LogP contribution in [0.2, 0.25) is 0 Å². The van der Waals surface area contributed by atoms with E-state index in [1.54, 1.807) is 0 Å². The number of carbonyl (C=O) groups is 2. The van der Waals surface area contributed by atoms with Gasteiger partial charge in [-0.2, -0.15) is 0 Å². The van der Waals surface area contributed by atoms with Crippen LogP contribution >= 0.6 is 0 Å². The van der Waals surface area contributed by atoms with Crippen LogP contribution in [0.3, 0.4) is 0 Å². The topological polar surface area (TPSA) is 113 Å². The summed E-state index contributed by atoms with van der Waals surface area (Å²) in [6, 6.07) is 4.54. The lowest BCUT2D eigenvalue weighted by Gasteiger charge is -2.09.